The lowest BCUT2D eigenvalue weighted by atomic mass is 10.1. The molecule has 1 aliphatic heterocycles. The number of aryl methyl sites for hydroxylation is 1. The lowest BCUT2D eigenvalue weighted by Crippen LogP contribution is -2.25. The summed E-state index contributed by atoms with van der Waals surface area (Å²) in [5.74, 6) is 0.623. The molecule has 3 aromatic rings. The molecule has 1 N–H and O–H groups in total. The molecule has 1 aromatic carbocycles. The van der Waals surface area contributed by atoms with Gasteiger partial charge >= 0.3 is 0 Å². The summed E-state index contributed by atoms with van der Waals surface area (Å²) in [6.07, 6.45) is 0. The minimum Gasteiger partial charge on any atom is -0.481 e. The summed E-state index contributed by atoms with van der Waals surface area (Å²) in [6, 6.07) is 6.04. The Morgan fingerprint density at radius 3 is 3.00 bits per heavy atom. The first-order chi connectivity index (χ1) is 10.7. The lowest BCUT2D eigenvalue weighted by molar-refractivity contribution is -0.118. The molecule has 3 heterocycles. The van der Waals surface area contributed by atoms with E-state index >= 15 is 0 Å². The average Bonchev–Trinajstić information content (AvgIpc) is 3.18. The SMILES string of the molecule is Cc1cc(-c2csc(-c3ccsc3)n2)cc2c1OCC(=O)N2. The maximum absolute atomic E-state index is 11.5. The largest absolute Gasteiger partial charge is 0.481 e. The summed E-state index contributed by atoms with van der Waals surface area (Å²) in [6.45, 7) is 2.05. The predicted octanol–water partition coefficient (Wildman–Crippen LogP) is 4.18. The Bertz CT molecular complexity index is 853. The molecular formula is C16H12N2O2S2. The molecule has 0 fully saturated rings. The summed E-state index contributed by atoms with van der Waals surface area (Å²) in [7, 11) is 0. The number of anilines is 1. The number of amides is 1. The van der Waals surface area contributed by atoms with Crippen molar-refractivity contribution in [3.8, 4) is 27.6 Å². The number of nitrogens with zero attached hydrogens (tertiary/aromatic N) is 1. The second-order valence-corrected chi connectivity index (χ2v) is 6.69. The quantitative estimate of drug-likeness (QED) is 0.768. The normalized spacial score (nSPS) is 13.4. The Morgan fingerprint density at radius 1 is 1.27 bits per heavy atom. The lowest BCUT2D eigenvalue weighted by Gasteiger charge is -2.20. The van der Waals surface area contributed by atoms with E-state index in [-0.39, 0.29) is 12.5 Å². The van der Waals surface area contributed by atoms with E-state index in [1.807, 2.05) is 29.8 Å². The van der Waals surface area contributed by atoms with Crippen LogP contribution in [-0.2, 0) is 4.79 Å². The summed E-state index contributed by atoms with van der Waals surface area (Å²) in [4.78, 5) is 16.2. The van der Waals surface area contributed by atoms with Crippen molar-refractivity contribution in [2.75, 3.05) is 11.9 Å². The van der Waals surface area contributed by atoms with Crippen LogP contribution in [0.3, 0.4) is 0 Å². The fourth-order valence-electron chi connectivity index (χ4n) is 2.46. The number of carbonyl (C=O) groups excluding carboxylic acids is 1. The molecule has 0 saturated heterocycles. The Balaban J connectivity index is 1.76. The van der Waals surface area contributed by atoms with E-state index in [0.717, 1.165) is 38.8 Å². The van der Waals surface area contributed by atoms with Crippen molar-refractivity contribution in [2.45, 2.75) is 6.92 Å². The number of rotatable bonds is 2. The molecule has 0 bridgehead atoms. The van der Waals surface area contributed by atoms with Gasteiger partial charge in [-0.25, -0.2) is 4.98 Å². The van der Waals surface area contributed by atoms with Gasteiger partial charge in [0.15, 0.2) is 6.61 Å². The fourth-order valence-corrected chi connectivity index (χ4v) is 4.00. The summed E-state index contributed by atoms with van der Waals surface area (Å²) in [5.41, 5.74) is 4.76. The molecule has 0 aliphatic carbocycles. The van der Waals surface area contributed by atoms with Crippen LogP contribution < -0.4 is 10.1 Å². The number of thiophene rings is 1. The standard InChI is InChI=1S/C16H12N2O2S2/c1-9-4-11(5-12-15(9)20-6-14(19)17-12)13-8-22-16(18-13)10-2-3-21-7-10/h2-5,7-8H,6H2,1H3,(H,17,19). The van der Waals surface area contributed by atoms with Gasteiger partial charge in [-0.2, -0.15) is 11.3 Å². The molecule has 1 aliphatic rings. The van der Waals surface area contributed by atoms with Crippen molar-refractivity contribution < 1.29 is 9.53 Å². The third-order valence-corrected chi connectivity index (χ3v) is 5.04. The fraction of sp³-hybridized carbons (Fsp3) is 0.125. The van der Waals surface area contributed by atoms with E-state index in [0.29, 0.717) is 0 Å². The molecule has 110 valence electrons. The number of carbonyl (C=O) groups is 1. The molecule has 6 heteroatoms. The Hall–Kier alpha value is -2.18. The number of hydrogen-bond acceptors (Lipinski definition) is 5. The van der Waals surface area contributed by atoms with E-state index in [2.05, 4.69) is 16.8 Å². The first kappa shape index (κ1) is 13.5. The zero-order valence-corrected chi connectivity index (χ0v) is 13.4. The van der Waals surface area contributed by atoms with Crippen LogP contribution in [0, 0.1) is 6.92 Å². The number of fused-ring (bicyclic) bond motifs is 1. The molecule has 0 spiro atoms. The second kappa shape index (κ2) is 5.23. The van der Waals surface area contributed by atoms with E-state index in [9.17, 15) is 4.79 Å². The molecule has 1 amide bonds. The van der Waals surface area contributed by atoms with Gasteiger partial charge in [0.1, 0.15) is 10.8 Å². The maximum Gasteiger partial charge on any atom is 0.262 e. The van der Waals surface area contributed by atoms with Gasteiger partial charge in [-0.1, -0.05) is 0 Å². The van der Waals surface area contributed by atoms with Crippen LogP contribution in [0.2, 0.25) is 0 Å². The smallest absolute Gasteiger partial charge is 0.262 e. The minimum atomic E-state index is -0.124. The van der Waals surface area contributed by atoms with Gasteiger partial charge in [-0.05, 0) is 36.1 Å². The summed E-state index contributed by atoms with van der Waals surface area (Å²) < 4.78 is 5.49. The van der Waals surface area contributed by atoms with Crippen molar-refractivity contribution in [1.29, 1.82) is 0 Å². The van der Waals surface area contributed by atoms with Gasteiger partial charge in [0.05, 0.1) is 11.4 Å². The number of aromatic nitrogens is 1. The summed E-state index contributed by atoms with van der Waals surface area (Å²) >= 11 is 3.29. The first-order valence-corrected chi connectivity index (χ1v) is 8.59. The Morgan fingerprint density at radius 2 is 2.18 bits per heavy atom. The number of benzene rings is 1. The number of hydrogen-bond donors (Lipinski definition) is 1. The molecule has 22 heavy (non-hydrogen) atoms. The third kappa shape index (κ3) is 2.30. The molecule has 0 atom stereocenters. The van der Waals surface area contributed by atoms with Crippen molar-refractivity contribution in [1.82, 2.24) is 4.98 Å². The van der Waals surface area contributed by atoms with Crippen molar-refractivity contribution >= 4 is 34.3 Å². The van der Waals surface area contributed by atoms with Gasteiger partial charge in [-0.3, -0.25) is 4.79 Å². The first-order valence-electron chi connectivity index (χ1n) is 6.76. The van der Waals surface area contributed by atoms with E-state index < -0.39 is 0 Å². The van der Waals surface area contributed by atoms with E-state index in [1.165, 1.54) is 0 Å². The van der Waals surface area contributed by atoms with Crippen LogP contribution in [0.15, 0.2) is 34.3 Å². The zero-order valence-electron chi connectivity index (χ0n) is 11.8. The Labute approximate surface area is 135 Å². The number of ether oxygens (including phenoxy) is 1. The van der Waals surface area contributed by atoms with Gasteiger partial charge in [0.2, 0.25) is 0 Å². The van der Waals surface area contributed by atoms with Gasteiger partial charge < -0.3 is 10.1 Å². The monoisotopic (exact) mass is 328 g/mol. The van der Waals surface area contributed by atoms with Gasteiger partial charge in [0, 0.05) is 21.9 Å². The van der Waals surface area contributed by atoms with Crippen LogP contribution in [-0.4, -0.2) is 17.5 Å². The van der Waals surface area contributed by atoms with Gasteiger partial charge in [0.25, 0.3) is 5.91 Å². The van der Waals surface area contributed by atoms with Crippen LogP contribution in [0.1, 0.15) is 5.56 Å². The van der Waals surface area contributed by atoms with Crippen LogP contribution in [0.25, 0.3) is 21.8 Å². The minimum absolute atomic E-state index is 0.0756. The second-order valence-electron chi connectivity index (χ2n) is 5.06. The van der Waals surface area contributed by atoms with E-state index in [4.69, 9.17) is 9.72 Å². The molecule has 0 radical (unpaired) electrons. The summed E-state index contributed by atoms with van der Waals surface area (Å²) in [5, 5.41) is 10.0. The topological polar surface area (TPSA) is 51.2 Å². The molecule has 4 nitrogen and oxygen atoms in total. The highest BCUT2D eigenvalue weighted by Gasteiger charge is 2.19. The molecule has 4 rings (SSSR count). The third-order valence-electron chi connectivity index (χ3n) is 3.46. The van der Waals surface area contributed by atoms with Crippen molar-refractivity contribution in [3.63, 3.8) is 0 Å². The predicted molar refractivity (Wildman–Crippen MR) is 89.7 cm³/mol. The van der Waals surface area contributed by atoms with Crippen LogP contribution >= 0.6 is 22.7 Å². The molecule has 0 unspecified atom stereocenters. The average molecular weight is 328 g/mol. The highest BCUT2D eigenvalue weighted by molar-refractivity contribution is 7.14. The van der Waals surface area contributed by atoms with Crippen LogP contribution in [0.5, 0.6) is 5.75 Å². The molecule has 0 saturated carbocycles. The maximum atomic E-state index is 11.5. The zero-order chi connectivity index (χ0) is 15.1. The van der Waals surface area contributed by atoms with Crippen LogP contribution in [0.4, 0.5) is 5.69 Å². The highest BCUT2D eigenvalue weighted by atomic mass is 32.1. The molecular weight excluding hydrogens is 316 g/mol. The number of nitrogens with one attached hydrogen (secondary N) is 1. The van der Waals surface area contributed by atoms with Crippen molar-refractivity contribution in [3.05, 3.63) is 39.9 Å². The highest BCUT2D eigenvalue weighted by Crippen LogP contribution is 2.37. The van der Waals surface area contributed by atoms with E-state index in [1.54, 1.807) is 22.7 Å². The van der Waals surface area contributed by atoms with Gasteiger partial charge in [-0.15, -0.1) is 11.3 Å². The number of thiazole rings is 1. The van der Waals surface area contributed by atoms with Crippen molar-refractivity contribution in [2.24, 2.45) is 0 Å². The molecule has 2 aromatic heterocycles. The Kier molecular flexibility index (Phi) is 3.20.